The molecule has 2 atom stereocenters. The summed E-state index contributed by atoms with van der Waals surface area (Å²) in [5.74, 6) is 2.03. The van der Waals surface area contributed by atoms with Gasteiger partial charge < -0.3 is 19.8 Å². The Morgan fingerprint density at radius 3 is 2.20 bits per heavy atom. The number of H-pyrrole nitrogens is 2. The van der Waals surface area contributed by atoms with Crippen molar-refractivity contribution in [3.63, 3.8) is 0 Å². The Morgan fingerprint density at radius 2 is 1.45 bits per heavy atom. The second-order valence-electron chi connectivity index (χ2n) is 12.4. The van der Waals surface area contributed by atoms with Crippen LogP contribution in [0.25, 0.3) is 44.8 Å². The highest BCUT2D eigenvalue weighted by Gasteiger charge is 2.34. The van der Waals surface area contributed by atoms with Gasteiger partial charge in [-0.2, -0.15) is 0 Å². The molecule has 8 rings (SSSR count). The normalized spacial score (nSPS) is 17.6. The van der Waals surface area contributed by atoms with Crippen molar-refractivity contribution in [3.8, 4) is 33.8 Å². The van der Waals surface area contributed by atoms with E-state index in [1.807, 2.05) is 72.8 Å². The lowest BCUT2D eigenvalue weighted by atomic mass is 10.1. The molecule has 12 nitrogen and oxygen atoms in total. The first-order chi connectivity index (χ1) is 24.0. The molecule has 0 aliphatic carbocycles. The minimum atomic E-state index is -0.919. The van der Waals surface area contributed by atoms with Gasteiger partial charge >= 0.3 is 12.2 Å². The molecule has 2 fully saturated rings. The number of aromatic nitrogens is 6. The first kappa shape index (κ1) is 30.3. The molecule has 2 aliphatic heterocycles. The minimum absolute atomic E-state index is 0.158. The zero-order valence-electron chi connectivity index (χ0n) is 26.6. The number of fused-ring (bicyclic) bond motifs is 1. The third-order valence-corrected chi connectivity index (χ3v) is 9.36. The molecule has 0 spiro atoms. The molecule has 2 saturated heterocycles. The van der Waals surface area contributed by atoms with Crippen LogP contribution < -0.4 is 0 Å². The van der Waals surface area contributed by atoms with Gasteiger partial charge in [0, 0.05) is 36.6 Å². The molecule has 6 aromatic rings. The highest BCUT2D eigenvalue weighted by molar-refractivity contribution is 5.82. The van der Waals surface area contributed by atoms with Gasteiger partial charge in [0.25, 0.3) is 0 Å². The average molecular weight is 655 g/mol. The molecule has 0 bridgehead atoms. The van der Waals surface area contributed by atoms with Crippen molar-refractivity contribution in [2.24, 2.45) is 0 Å². The lowest BCUT2D eigenvalue weighted by Crippen LogP contribution is -2.31. The summed E-state index contributed by atoms with van der Waals surface area (Å²) in [5, 5.41) is 9.54. The fourth-order valence-electron chi connectivity index (χ4n) is 6.80. The summed E-state index contributed by atoms with van der Waals surface area (Å²) in [4.78, 5) is 53.1. The van der Waals surface area contributed by atoms with Crippen molar-refractivity contribution in [2.45, 2.75) is 44.4 Å². The average Bonchev–Trinajstić information content (AvgIpc) is 3.97. The van der Waals surface area contributed by atoms with E-state index in [4.69, 9.17) is 4.74 Å². The van der Waals surface area contributed by atoms with Gasteiger partial charge in [-0.05, 0) is 54.5 Å². The zero-order valence-corrected chi connectivity index (χ0v) is 26.6. The molecule has 12 heteroatoms. The molecule has 2 amide bonds. The van der Waals surface area contributed by atoms with Gasteiger partial charge in [0.1, 0.15) is 18.3 Å². The van der Waals surface area contributed by atoms with Crippen LogP contribution in [0, 0.1) is 0 Å². The second-order valence-corrected chi connectivity index (χ2v) is 12.4. The van der Waals surface area contributed by atoms with E-state index in [0.717, 1.165) is 76.1 Å². The van der Waals surface area contributed by atoms with Crippen LogP contribution >= 0.6 is 0 Å². The number of likely N-dealkylation sites (tertiary alicyclic amines) is 2. The van der Waals surface area contributed by atoms with E-state index < -0.39 is 6.09 Å². The summed E-state index contributed by atoms with van der Waals surface area (Å²) >= 11 is 0. The monoisotopic (exact) mass is 654 g/mol. The Kier molecular flexibility index (Phi) is 7.96. The van der Waals surface area contributed by atoms with E-state index in [1.165, 1.54) is 4.90 Å². The smallest absolute Gasteiger partial charge is 0.410 e. The van der Waals surface area contributed by atoms with Gasteiger partial charge in [-0.3, -0.25) is 9.80 Å². The van der Waals surface area contributed by atoms with Crippen LogP contribution in [0.5, 0.6) is 0 Å². The lowest BCUT2D eigenvalue weighted by Gasteiger charge is -2.22. The van der Waals surface area contributed by atoms with Crippen LogP contribution in [-0.2, 0) is 11.3 Å². The summed E-state index contributed by atoms with van der Waals surface area (Å²) in [7, 11) is 0. The number of nitrogens with zero attached hydrogens (tertiary/aromatic N) is 6. The Labute approximate surface area is 281 Å². The van der Waals surface area contributed by atoms with Crippen LogP contribution in [0.1, 0.15) is 55.0 Å². The van der Waals surface area contributed by atoms with Crippen molar-refractivity contribution in [1.82, 2.24) is 39.7 Å². The van der Waals surface area contributed by atoms with Gasteiger partial charge in [0.05, 0.1) is 35.0 Å². The number of carboxylic acid groups (broad SMARTS) is 1. The van der Waals surface area contributed by atoms with Crippen LogP contribution in [-0.4, -0.2) is 70.1 Å². The van der Waals surface area contributed by atoms with Crippen LogP contribution in [0.15, 0.2) is 91.4 Å². The third-order valence-electron chi connectivity index (χ3n) is 9.36. The van der Waals surface area contributed by atoms with E-state index in [2.05, 4.69) is 29.9 Å². The van der Waals surface area contributed by atoms with Gasteiger partial charge in [-0.25, -0.2) is 29.5 Å². The van der Waals surface area contributed by atoms with Crippen LogP contribution in [0.4, 0.5) is 9.59 Å². The molecule has 3 aromatic carbocycles. The van der Waals surface area contributed by atoms with E-state index in [-0.39, 0.29) is 24.8 Å². The Bertz CT molecular complexity index is 2110. The number of ether oxygens (including phenoxy) is 1. The number of aromatic amines is 2. The van der Waals surface area contributed by atoms with Gasteiger partial charge in [0.15, 0.2) is 5.82 Å². The predicted octanol–water partition coefficient (Wildman–Crippen LogP) is 7.37. The fraction of sp³-hybridized carbons (Fsp3) is 0.243. The standard InChI is InChI=1S/C37H34N8O4/c46-36(47)44-16-4-9-32(44)35-41-28-15-14-26(18-29(28)42-35)27-19-38-33(39-20-27)25-12-10-24(11-13-25)30-21-40-34(43-30)31-8-5-17-45(31)37(48)49-22-23-6-2-1-3-7-23/h1-3,6-7,10-15,18-21,31-32H,4-5,8-9,16-17,22H2,(H,40,43)(H,41,42)(H,46,47)/t31-,32-/m0/s1. The number of carbonyl (C=O) groups excluding carboxylic acids is 1. The third kappa shape index (κ3) is 6.08. The topological polar surface area (TPSA) is 153 Å². The SMILES string of the molecule is O=C(O)N1CCC[C@H]1c1nc2ccc(-c3cnc(-c4ccc(-c5cnc([C@@H]6CCCN6C(=O)OCc6ccccc6)[nH]5)cc4)nc3)cc2[nH]1. The maximum absolute atomic E-state index is 12.9. The zero-order chi connectivity index (χ0) is 33.3. The Hall–Kier alpha value is -6.04. The summed E-state index contributed by atoms with van der Waals surface area (Å²) in [6.45, 7) is 1.39. The molecule has 3 aromatic heterocycles. The minimum Gasteiger partial charge on any atom is -0.465 e. The molecule has 49 heavy (non-hydrogen) atoms. The Balaban J connectivity index is 0.930. The maximum Gasteiger partial charge on any atom is 0.410 e. The van der Waals surface area contributed by atoms with E-state index in [0.29, 0.717) is 24.7 Å². The summed E-state index contributed by atoms with van der Waals surface area (Å²) in [6, 6.07) is 23.1. The van der Waals surface area contributed by atoms with Crippen molar-refractivity contribution in [1.29, 1.82) is 0 Å². The molecule has 2 aliphatic rings. The molecule has 5 heterocycles. The van der Waals surface area contributed by atoms with Gasteiger partial charge in [-0.15, -0.1) is 0 Å². The lowest BCUT2D eigenvalue weighted by molar-refractivity contribution is 0.0909. The maximum atomic E-state index is 12.9. The van der Waals surface area contributed by atoms with Crippen molar-refractivity contribution >= 4 is 23.2 Å². The van der Waals surface area contributed by atoms with Gasteiger partial charge in [-0.1, -0.05) is 60.7 Å². The largest absolute Gasteiger partial charge is 0.465 e. The van der Waals surface area contributed by atoms with E-state index in [1.54, 1.807) is 23.5 Å². The summed E-state index contributed by atoms with van der Waals surface area (Å²) in [6.07, 6.45) is 7.45. The molecule has 0 radical (unpaired) electrons. The quantitative estimate of drug-likeness (QED) is 0.161. The number of hydrogen-bond acceptors (Lipinski definition) is 7. The van der Waals surface area contributed by atoms with Crippen LogP contribution in [0.3, 0.4) is 0 Å². The van der Waals surface area contributed by atoms with Gasteiger partial charge in [0.2, 0.25) is 0 Å². The molecule has 0 unspecified atom stereocenters. The summed E-state index contributed by atoms with van der Waals surface area (Å²) in [5.41, 5.74) is 7.10. The number of carbonyl (C=O) groups is 2. The van der Waals surface area contributed by atoms with Crippen molar-refractivity contribution in [3.05, 3.63) is 109 Å². The number of nitrogens with one attached hydrogen (secondary N) is 2. The molecule has 0 saturated carbocycles. The van der Waals surface area contributed by atoms with Crippen molar-refractivity contribution in [2.75, 3.05) is 13.1 Å². The predicted molar refractivity (Wildman–Crippen MR) is 182 cm³/mol. The number of hydrogen-bond donors (Lipinski definition) is 3. The van der Waals surface area contributed by atoms with E-state index in [9.17, 15) is 14.7 Å². The number of imidazole rings is 2. The first-order valence-electron chi connectivity index (χ1n) is 16.4. The van der Waals surface area contributed by atoms with Crippen LogP contribution in [0.2, 0.25) is 0 Å². The number of benzene rings is 3. The second kappa shape index (κ2) is 12.9. The highest BCUT2D eigenvalue weighted by Crippen LogP contribution is 2.34. The van der Waals surface area contributed by atoms with E-state index >= 15 is 0 Å². The Morgan fingerprint density at radius 1 is 0.755 bits per heavy atom. The number of rotatable bonds is 7. The molecular formula is C37H34N8O4. The summed E-state index contributed by atoms with van der Waals surface area (Å²) < 4.78 is 5.60. The van der Waals surface area contributed by atoms with Crippen molar-refractivity contribution < 1.29 is 19.4 Å². The highest BCUT2D eigenvalue weighted by atomic mass is 16.6. The molecule has 3 N–H and O–H groups in total. The number of amides is 2. The first-order valence-corrected chi connectivity index (χ1v) is 16.4. The fourth-order valence-corrected chi connectivity index (χ4v) is 6.80. The molecule has 246 valence electrons. The molecular weight excluding hydrogens is 620 g/mol.